The third-order valence-corrected chi connectivity index (χ3v) is 2.83. The smallest absolute Gasteiger partial charge is 0.220 e. The van der Waals surface area contributed by atoms with Gasteiger partial charge in [-0.15, -0.1) is 0 Å². The van der Waals surface area contributed by atoms with E-state index < -0.39 is 10.8 Å². The van der Waals surface area contributed by atoms with Crippen molar-refractivity contribution in [2.75, 3.05) is 31.6 Å². The summed E-state index contributed by atoms with van der Waals surface area (Å²) < 4.78 is 10.7. The first-order chi connectivity index (χ1) is 6.18. The lowest BCUT2D eigenvalue weighted by Crippen LogP contribution is -2.44. The van der Waals surface area contributed by atoms with Crippen LogP contribution in [0.1, 0.15) is 6.42 Å². The van der Waals surface area contributed by atoms with Gasteiger partial charge >= 0.3 is 0 Å². The van der Waals surface area contributed by atoms with Crippen LogP contribution in [-0.2, 0) is 15.6 Å². The summed E-state index contributed by atoms with van der Waals surface area (Å²) in [5, 5.41) is 5.87. The minimum Gasteiger partial charge on any atom is -0.355 e. The Balaban J connectivity index is 2.00. The van der Waals surface area contributed by atoms with Crippen molar-refractivity contribution in [2.45, 2.75) is 6.42 Å². The molecule has 0 bridgehead atoms. The first-order valence-corrected chi connectivity index (χ1v) is 6.18. The van der Waals surface area contributed by atoms with E-state index in [9.17, 15) is 9.00 Å². The van der Waals surface area contributed by atoms with Gasteiger partial charge in [-0.05, 0) is 19.0 Å². The molecular formula is C8H16N2O2S. The molecule has 0 aromatic carbocycles. The van der Waals surface area contributed by atoms with Crippen molar-refractivity contribution in [3.63, 3.8) is 0 Å². The summed E-state index contributed by atoms with van der Waals surface area (Å²) in [5.74, 6) is 1.14. The van der Waals surface area contributed by atoms with Crippen LogP contribution in [0.4, 0.5) is 0 Å². The fourth-order valence-corrected chi connectivity index (χ4v) is 1.55. The lowest BCUT2D eigenvalue weighted by molar-refractivity contribution is -0.122. The Morgan fingerprint density at radius 3 is 2.77 bits per heavy atom. The van der Waals surface area contributed by atoms with E-state index in [1.807, 2.05) is 0 Å². The molecule has 1 aliphatic rings. The van der Waals surface area contributed by atoms with E-state index in [2.05, 4.69) is 10.6 Å². The van der Waals surface area contributed by atoms with Gasteiger partial charge in [-0.3, -0.25) is 9.00 Å². The van der Waals surface area contributed by atoms with Crippen LogP contribution < -0.4 is 10.6 Å². The average Bonchev–Trinajstić information content (AvgIpc) is 1.96. The maximum absolute atomic E-state index is 11.2. The van der Waals surface area contributed by atoms with E-state index in [-0.39, 0.29) is 5.91 Å². The van der Waals surface area contributed by atoms with Gasteiger partial charge in [-0.1, -0.05) is 0 Å². The van der Waals surface area contributed by atoms with Gasteiger partial charge in [0.25, 0.3) is 0 Å². The molecule has 76 valence electrons. The minimum absolute atomic E-state index is 0.0805. The number of nitrogens with one attached hydrogen (secondary N) is 2. The fourth-order valence-electron chi connectivity index (χ4n) is 1.16. The second-order valence-corrected chi connectivity index (χ2v) is 4.91. The zero-order chi connectivity index (χ0) is 9.68. The Morgan fingerprint density at radius 2 is 2.31 bits per heavy atom. The molecule has 0 saturated carbocycles. The second kappa shape index (κ2) is 5.34. The topological polar surface area (TPSA) is 58.2 Å². The summed E-state index contributed by atoms with van der Waals surface area (Å²) >= 11 is 0. The van der Waals surface area contributed by atoms with Gasteiger partial charge in [0, 0.05) is 35.8 Å². The highest BCUT2D eigenvalue weighted by atomic mass is 32.2. The maximum Gasteiger partial charge on any atom is 0.220 e. The van der Waals surface area contributed by atoms with Gasteiger partial charge in [0.1, 0.15) is 0 Å². The highest BCUT2D eigenvalue weighted by Gasteiger charge is 2.19. The van der Waals surface area contributed by atoms with Crippen molar-refractivity contribution in [3.05, 3.63) is 0 Å². The number of rotatable bonds is 5. The monoisotopic (exact) mass is 204 g/mol. The Morgan fingerprint density at radius 1 is 1.62 bits per heavy atom. The predicted molar refractivity (Wildman–Crippen MR) is 52.9 cm³/mol. The van der Waals surface area contributed by atoms with Crippen molar-refractivity contribution < 1.29 is 9.00 Å². The van der Waals surface area contributed by atoms with Gasteiger partial charge in [-0.25, -0.2) is 0 Å². The molecule has 0 radical (unpaired) electrons. The zero-order valence-electron chi connectivity index (χ0n) is 7.84. The van der Waals surface area contributed by atoms with Gasteiger partial charge in [0.15, 0.2) is 0 Å². The number of hydrogen-bond acceptors (Lipinski definition) is 3. The van der Waals surface area contributed by atoms with Gasteiger partial charge in [0.05, 0.1) is 0 Å². The summed E-state index contributed by atoms with van der Waals surface area (Å²) in [4.78, 5) is 11.2. The van der Waals surface area contributed by atoms with Gasteiger partial charge < -0.3 is 10.6 Å². The molecular weight excluding hydrogens is 188 g/mol. The third kappa shape index (κ3) is 4.38. The lowest BCUT2D eigenvalue weighted by atomic mass is 9.99. The van der Waals surface area contributed by atoms with Crippen molar-refractivity contribution in [1.29, 1.82) is 0 Å². The van der Waals surface area contributed by atoms with Crippen molar-refractivity contribution in [2.24, 2.45) is 5.92 Å². The third-order valence-electron chi connectivity index (χ3n) is 2.05. The predicted octanol–water partition coefficient (Wildman–Crippen LogP) is -0.909. The summed E-state index contributed by atoms with van der Waals surface area (Å²) in [7, 11) is -0.810. The molecule has 0 spiro atoms. The number of hydrogen-bond donors (Lipinski definition) is 2. The Hall–Kier alpha value is -0.420. The minimum atomic E-state index is -0.810. The summed E-state index contributed by atoms with van der Waals surface area (Å²) in [6.45, 7) is 2.43. The van der Waals surface area contributed by atoms with Crippen molar-refractivity contribution >= 4 is 16.7 Å². The highest BCUT2D eigenvalue weighted by Crippen LogP contribution is 2.06. The molecule has 1 atom stereocenters. The van der Waals surface area contributed by atoms with Crippen LogP contribution in [0.2, 0.25) is 0 Å². The maximum atomic E-state index is 11.2. The van der Waals surface area contributed by atoms with Crippen LogP contribution in [-0.4, -0.2) is 41.8 Å². The zero-order valence-corrected chi connectivity index (χ0v) is 8.65. The average molecular weight is 204 g/mol. The SMILES string of the molecule is CS(=O)CCNC(=O)CC1CNC1. The first-order valence-electron chi connectivity index (χ1n) is 4.46. The van der Waals surface area contributed by atoms with Crippen molar-refractivity contribution in [1.82, 2.24) is 10.6 Å². The van der Waals surface area contributed by atoms with Crippen molar-refractivity contribution in [3.8, 4) is 0 Å². The van der Waals surface area contributed by atoms with Crippen LogP contribution in [0.5, 0.6) is 0 Å². The van der Waals surface area contributed by atoms with E-state index in [0.717, 1.165) is 13.1 Å². The molecule has 1 heterocycles. The molecule has 1 rings (SSSR count). The van der Waals surface area contributed by atoms with Crippen LogP contribution in [0, 0.1) is 5.92 Å². The van der Waals surface area contributed by atoms with E-state index in [0.29, 0.717) is 24.6 Å². The van der Waals surface area contributed by atoms with E-state index in [4.69, 9.17) is 0 Å². The number of carbonyl (C=O) groups is 1. The largest absolute Gasteiger partial charge is 0.355 e. The van der Waals surface area contributed by atoms with E-state index in [1.165, 1.54) is 0 Å². The summed E-state index contributed by atoms with van der Waals surface area (Å²) in [6, 6.07) is 0. The Bertz CT molecular complexity index is 204. The quantitative estimate of drug-likeness (QED) is 0.609. The molecule has 13 heavy (non-hydrogen) atoms. The molecule has 4 nitrogen and oxygen atoms in total. The summed E-state index contributed by atoms with van der Waals surface area (Å²) in [5.41, 5.74) is 0. The van der Waals surface area contributed by atoms with Crippen LogP contribution in [0.3, 0.4) is 0 Å². The molecule has 1 aliphatic heterocycles. The fraction of sp³-hybridized carbons (Fsp3) is 0.875. The van der Waals surface area contributed by atoms with Crippen LogP contribution in [0.15, 0.2) is 0 Å². The van der Waals surface area contributed by atoms with Gasteiger partial charge in [0.2, 0.25) is 5.91 Å². The Labute approximate surface area is 80.9 Å². The second-order valence-electron chi connectivity index (χ2n) is 3.36. The standard InChI is InChI=1S/C8H16N2O2S/c1-13(12)3-2-10-8(11)4-7-5-9-6-7/h7,9H,2-6H2,1H3,(H,10,11). The number of amides is 1. The van der Waals surface area contributed by atoms with Crippen LogP contribution >= 0.6 is 0 Å². The number of carbonyl (C=O) groups excluding carboxylic acids is 1. The highest BCUT2D eigenvalue weighted by molar-refractivity contribution is 7.84. The van der Waals surface area contributed by atoms with Gasteiger partial charge in [-0.2, -0.15) is 0 Å². The molecule has 1 fully saturated rings. The lowest BCUT2D eigenvalue weighted by Gasteiger charge is -2.26. The normalized spacial score (nSPS) is 19.2. The molecule has 1 saturated heterocycles. The first kappa shape index (κ1) is 10.7. The molecule has 0 aromatic rings. The molecule has 0 aliphatic carbocycles. The summed E-state index contributed by atoms with van der Waals surface area (Å²) in [6.07, 6.45) is 2.24. The molecule has 1 unspecified atom stereocenters. The van der Waals surface area contributed by atoms with E-state index >= 15 is 0 Å². The van der Waals surface area contributed by atoms with Crippen LogP contribution in [0.25, 0.3) is 0 Å². The molecule has 5 heteroatoms. The Kier molecular flexibility index (Phi) is 4.38. The van der Waals surface area contributed by atoms with E-state index in [1.54, 1.807) is 6.26 Å². The molecule has 1 amide bonds. The molecule has 0 aromatic heterocycles. The molecule has 2 N–H and O–H groups in total.